The number of carbonyl (C=O) groups excluding carboxylic acids is 1. The first kappa shape index (κ1) is 23.4. The molecule has 3 aromatic rings. The van der Waals surface area contributed by atoms with Crippen LogP contribution >= 0.6 is 11.8 Å². The summed E-state index contributed by atoms with van der Waals surface area (Å²) in [6.07, 6.45) is 1.32. The number of hydrogen-bond acceptors (Lipinski definition) is 6. The minimum Gasteiger partial charge on any atom is -0.496 e. The van der Waals surface area contributed by atoms with Crippen LogP contribution in [-0.4, -0.2) is 20.0 Å². The maximum atomic E-state index is 13.5. The maximum Gasteiger partial charge on any atom is 0.163 e. The maximum absolute atomic E-state index is 13.5. The van der Waals surface area contributed by atoms with Crippen LogP contribution in [0.4, 0.5) is 11.4 Å². The zero-order chi connectivity index (χ0) is 24.6. The predicted molar refractivity (Wildman–Crippen MR) is 142 cm³/mol. The lowest BCUT2D eigenvalue weighted by Gasteiger charge is -2.34. The van der Waals surface area contributed by atoms with Crippen molar-refractivity contribution >= 4 is 28.9 Å². The van der Waals surface area contributed by atoms with Crippen LogP contribution in [0.1, 0.15) is 38.3 Å². The Bertz CT molecular complexity index is 1310. The molecule has 1 heterocycles. The molecule has 5 nitrogen and oxygen atoms in total. The Morgan fingerprint density at radius 3 is 2.37 bits per heavy atom. The highest BCUT2D eigenvalue weighted by molar-refractivity contribution is 7.99. The zero-order valence-electron chi connectivity index (χ0n) is 20.5. The van der Waals surface area contributed by atoms with Crippen LogP contribution in [0.2, 0.25) is 0 Å². The van der Waals surface area contributed by atoms with E-state index in [9.17, 15) is 4.79 Å². The van der Waals surface area contributed by atoms with Crippen LogP contribution in [0.25, 0.3) is 0 Å². The molecule has 0 amide bonds. The lowest BCUT2D eigenvalue weighted by molar-refractivity contribution is -0.118. The van der Waals surface area contributed by atoms with Crippen molar-refractivity contribution in [2.75, 3.05) is 24.9 Å². The summed E-state index contributed by atoms with van der Waals surface area (Å²) in [5.41, 5.74) is 4.54. The summed E-state index contributed by atoms with van der Waals surface area (Å²) in [7, 11) is 3.36. The number of carbonyl (C=O) groups is 1. The lowest BCUT2D eigenvalue weighted by Crippen LogP contribution is -2.31. The molecule has 3 aromatic carbocycles. The van der Waals surface area contributed by atoms with Gasteiger partial charge in [-0.05, 0) is 48.2 Å². The van der Waals surface area contributed by atoms with Crippen LogP contribution in [0, 0.1) is 5.41 Å². The number of allylic oxidation sites excluding steroid dienone is 1. The van der Waals surface area contributed by atoms with Crippen molar-refractivity contribution < 1.29 is 14.3 Å². The first-order valence-corrected chi connectivity index (χ1v) is 12.6. The molecule has 5 rings (SSSR count). The van der Waals surface area contributed by atoms with Gasteiger partial charge < -0.3 is 20.1 Å². The van der Waals surface area contributed by atoms with E-state index in [2.05, 4.69) is 48.7 Å². The van der Waals surface area contributed by atoms with Gasteiger partial charge in [-0.15, -0.1) is 0 Å². The first-order valence-electron chi connectivity index (χ1n) is 11.8. The molecule has 2 aliphatic rings. The third kappa shape index (κ3) is 4.63. The molecular formula is C29H30N2O3S. The standard InChI is InChI=1S/C29H30N2O3S/c1-29(2)16-22-27(23(32)17-29)28(19-9-5-6-10-24(19)33-3)31-21-15-18(13-14-20(21)30-22)35-26-12-8-7-11-25(26)34-4/h5-15,28,30-31H,16-17H2,1-4H3. The van der Waals surface area contributed by atoms with Crippen LogP contribution in [0.15, 0.2) is 87.8 Å². The molecule has 0 fully saturated rings. The third-order valence-electron chi connectivity index (χ3n) is 6.53. The molecule has 180 valence electrons. The number of para-hydroxylation sites is 2. The average Bonchev–Trinajstić information content (AvgIpc) is 2.99. The van der Waals surface area contributed by atoms with E-state index in [0.29, 0.717) is 6.42 Å². The van der Waals surface area contributed by atoms with Crippen molar-refractivity contribution in [1.82, 2.24) is 0 Å². The van der Waals surface area contributed by atoms with Gasteiger partial charge in [0.2, 0.25) is 0 Å². The Morgan fingerprint density at radius 1 is 0.886 bits per heavy atom. The van der Waals surface area contributed by atoms with Crippen molar-refractivity contribution in [2.24, 2.45) is 5.41 Å². The monoisotopic (exact) mass is 486 g/mol. The summed E-state index contributed by atoms with van der Waals surface area (Å²) in [6, 6.07) is 21.9. The molecule has 1 unspecified atom stereocenters. The highest BCUT2D eigenvalue weighted by Crippen LogP contribution is 2.48. The fourth-order valence-electron chi connectivity index (χ4n) is 4.95. The number of methoxy groups -OCH3 is 2. The number of fused-ring (bicyclic) bond motifs is 1. The molecule has 1 atom stereocenters. The molecule has 6 heteroatoms. The number of benzene rings is 3. The van der Waals surface area contributed by atoms with E-state index >= 15 is 0 Å². The molecule has 2 N–H and O–H groups in total. The molecule has 0 saturated carbocycles. The fourth-order valence-corrected chi connectivity index (χ4v) is 5.92. The summed E-state index contributed by atoms with van der Waals surface area (Å²) >= 11 is 1.65. The second-order valence-corrected chi connectivity index (χ2v) is 10.9. The van der Waals surface area contributed by atoms with Crippen molar-refractivity contribution in [2.45, 2.75) is 42.5 Å². The Hall–Kier alpha value is -3.38. The number of Topliss-reactive ketones (excluding diaryl/α,β-unsaturated/α-hetero) is 1. The van der Waals surface area contributed by atoms with Crippen molar-refractivity contribution in [3.05, 3.63) is 83.6 Å². The fraction of sp³-hybridized carbons (Fsp3) is 0.276. The van der Waals surface area contributed by atoms with E-state index in [0.717, 1.165) is 55.9 Å². The summed E-state index contributed by atoms with van der Waals surface area (Å²) in [4.78, 5) is 15.6. The van der Waals surface area contributed by atoms with Gasteiger partial charge in [-0.2, -0.15) is 0 Å². The van der Waals surface area contributed by atoms with Crippen LogP contribution < -0.4 is 20.1 Å². The predicted octanol–water partition coefficient (Wildman–Crippen LogP) is 7.08. The topological polar surface area (TPSA) is 59.6 Å². The normalized spacial score (nSPS) is 18.5. The Balaban J connectivity index is 1.59. The molecule has 1 aliphatic carbocycles. The van der Waals surface area contributed by atoms with E-state index in [1.165, 1.54) is 0 Å². The molecule has 35 heavy (non-hydrogen) atoms. The van der Waals surface area contributed by atoms with Crippen LogP contribution in [-0.2, 0) is 4.79 Å². The van der Waals surface area contributed by atoms with Gasteiger partial charge in [0.25, 0.3) is 0 Å². The van der Waals surface area contributed by atoms with Crippen molar-refractivity contribution in [1.29, 1.82) is 0 Å². The number of hydrogen-bond donors (Lipinski definition) is 2. The number of nitrogens with one attached hydrogen (secondary N) is 2. The number of rotatable bonds is 5. The highest BCUT2D eigenvalue weighted by atomic mass is 32.2. The van der Waals surface area contributed by atoms with Crippen molar-refractivity contribution in [3.8, 4) is 11.5 Å². The van der Waals surface area contributed by atoms with E-state index in [4.69, 9.17) is 9.47 Å². The molecule has 0 saturated heterocycles. The average molecular weight is 487 g/mol. The zero-order valence-corrected chi connectivity index (χ0v) is 21.3. The van der Waals surface area contributed by atoms with E-state index in [-0.39, 0.29) is 17.2 Å². The number of ketones is 1. The minimum atomic E-state index is -0.315. The third-order valence-corrected chi connectivity index (χ3v) is 7.58. The molecule has 0 spiro atoms. The lowest BCUT2D eigenvalue weighted by atomic mass is 9.73. The second kappa shape index (κ2) is 9.34. The Kier molecular flexibility index (Phi) is 6.24. The minimum absolute atomic E-state index is 0.0988. The van der Waals surface area contributed by atoms with Gasteiger partial charge >= 0.3 is 0 Å². The smallest absolute Gasteiger partial charge is 0.163 e. The molecule has 0 bridgehead atoms. The highest BCUT2D eigenvalue weighted by Gasteiger charge is 2.39. The molecule has 1 aliphatic heterocycles. The molecule has 0 aromatic heterocycles. The Labute approximate surface area is 210 Å². The number of ether oxygens (including phenoxy) is 2. The van der Waals surface area contributed by atoms with Gasteiger partial charge in [-0.1, -0.05) is 55.9 Å². The SMILES string of the molecule is COc1ccccc1Sc1ccc2c(c1)NC(c1ccccc1OC)C1=C(CC(C)(C)CC1=O)N2. The summed E-state index contributed by atoms with van der Waals surface area (Å²) in [6.45, 7) is 4.31. The van der Waals surface area contributed by atoms with E-state index in [1.807, 2.05) is 42.5 Å². The molecule has 0 radical (unpaired) electrons. The van der Waals surface area contributed by atoms with Crippen molar-refractivity contribution in [3.63, 3.8) is 0 Å². The van der Waals surface area contributed by atoms with Gasteiger partial charge in [-0.25, -0.2) is 0 Å². The quantitative estimate of drug-likeness (QED) is 0.402. The summed E-state index contributed by atoms with van der Waals surface area (Å²) < 4.78 is 11.2. The van der Waals surface area contributed by atoms with E-state index in [1.54, 1.807) is 26.0 Å². The van der Waals surface area contributed by atoms with Gasteiger partial charge in [0, 0.05) is 28.1 Å². The van der Waals surface area contributed by atoms with Crippen LogP contribution in [0.5, 0.6) is 11.5 Å². The molecular weight excluding hydrogens is 456 g/mol. The summed E-state index contributed by atoms with van der Waals surface area (Å²) in [5.74, 6) is 1.77. The number of anilines is 2. The van der Waals surface area contributed by atoms with Gasteiger partial charge in [-0.3, -0.25) is 4.79 Å². The van der Waals surface area contributed by atoms with Gasteiger partial charge in [0.1, 0.15) is 11.5 Å². The van der Waals surface area contributed by atoms with Crippen LogP contribution in [0.3, 0.4) is 0 Å². The summed E-state index contributed by atoms with van der Waals surface area (Å²) in [5, 5.41) is 7.32. The first-order chi connectivity index (χ1) is 16.9. The van der Waals surface area contributed by atoms with Gasteiger partial charge in [0.15, 0.2) is 5.78 Å². The Morgan fingerprint density at radius 2 is 1.60 bits per heavy atom. The van der Waals surface area contributed by atoms with E-state index < -0.39 is 0 Å². The van der Waals surface area contributed by atoms with Gasteiger partial charge in [0.05, 0.1) is 36.5 Å². The largest absolute Gasteiger partial charge is 0.496 e. The second-order valence-electron chi connectivity index (χ2n) is 9.74.